The highest BCUT2D eigenvalue weighted by Gasteiger charge is 2.06. The van der Waals surface area contributed by atoms with Gasteiger partial charge in [-0.25, -0.2) is 0 Å². The lowest BCUT2D eigenvalue weighted by molar-refractivity contribution is 0.241. The first-order valence-corrected chi connectivity index (χ1v) is 7.36. The second kappa shape index (κ2) is 12.0. The van der Waals surface area contributed by atoms with E-state index in [1.807, 2.05) is 13.0 Å². The predicted molar refractivity (Wildman–Crippen MR) is 83.5 cm³/mol. The van der Waals surface area contributed by atoms with Crippen molar-refractivity contribution in [3.8, 4) is 0 Å². The Morgan fingerprint density at radius 1 is 1.42 bits per heavy atom. The molecule has 0 aromatic rings. The number of unbranched alkanes of at least 4 members (excludes halogenated alkanes) is 3. The molecule has 1 unspecified atom stereocenters. The monoisotopic (exact) mass is 269 g/mol. The molecule has 2 N–H and O–H groups in total. The number of nitrogens with one attached hydrogen (secondary N) is 1. The normalized spacial score (nSPS) is 13.2. The van der Waals surface area contributed by atoms with Crippen LogP contribution in [0.2, 0.25) is 0 Å². The van der Waals surface area contributed by atoms with E-state index in [-0.39, 0.29) is 12.5 Å². The summed E-state index contributed by atoms with van der Waals surface area (Å²) in [5.74, 6) is 1.15. The fourth-order valence-corrected chi connectivity index (χ4v) is 1.69. The second-order valence-corrected chi connectivity index (χ2v) is 5.04. The zero-order chi connectivity index (χ0) is 14.5. The molecule has 1 atom stereocenters. The molecule has 0 aliphatic heterocycles. The fraction of sp³-hybridized carbons (Fsp3) is 0.800. The largest absolute Gasteiger partial charge is 0.396 e. The summed E-state index contributed by atoms with van der Waals surface area (Å²) in [6, 6.07) is 0. The van der Waals surface area contributed by atoms with E-state index in [4.69, 9.17) is 5.11 Å². The van der Waals surface area contributed by atoms with Gasteiger partial charge in [-0.15, -0.1) is 6.58 Å². The Morgan fingerprint density at radius 3 is 2.74 bits per heavy atom. The van der Waals surface area contributed by atoms with E-state index in [0.717, 1.165) is 25.5 Å². The molecule has 0 aromatic heterocycles. The highest BCUT2D eigenvalue weighted by molar-refractivity contribution is 5.79. The van der Waals surface area contributed by atoms with Crippen LogP contribution in [0, 0.1) is 5.92 Å². The Balaban J connectivity index is 4.09. The highest BCUT2D eigenvalue weighted by atomic mass is 16.3. The lowest BCUT2D eigenvalue weighted by Gasteiger charge is -2.22. The van der Waals surface area contributed by atoms with Crippen LogP contribution in [-0.2, 0) is 0 Å². The van der Waals surface area contributed by atoms with E-state index in [1.165, 1.54) is 19.3 Å². The fourth-order valence-electron chi connectivity index (χ4n) is 1.69. The molecule has 0 spiro atoms. The molecule has 0 bridgehead atoms. The lowest BCUT2D eigenvalue weighted by Crippen LogP contribution is -2.39. The van der Waals surface area contributed by atoms with Gasteiger partial charge in [0, 0.05) is 33.3 Å². The first kappa shape index (κ1) is 18.0. The Morgan fingerprint density at radius 2 is 2.16 bits per heavy atom. The maximum atomic E-state index is 9.03. The molecule has 0 aliphatic carbocycles. The minimum Gasteiger partial charge on any atom is -0.396 e. The zero-order valence-corrected chi connectivity index (χ0v) is 12.9. The van der Waals surface area contributed by atoms with Crippen molar-refractivity contribution >= 4 is 5.96 Å². The average Bonchev–Trinajstić information content (AvgIpc) is 2.42. The molecular formula is C15H31N3O. The van der Waals surface area contributed by atoms with Crippen LogP contribution in [0.3, 0.4) is 0 Å². The van der Waals surface area contributed by atoms with Crippen molar-refractivity contribution < 1.29 is 5.11 Å². The topological polar surface area (TPSA) is 47.9 Å². The van der Waals surface area contributed by atoms with Gasteiger partial charge >= 0.3 is 0 Å². The molecule has 0 fully saturated rings. The highest BCUT2D eigenvalue weighted by Crippen LogP contribution is 2.02. The van der Waals surface area contributed by atoms with Gasteiger partial charge in [-0.2, -0.15) is 0 Å². The van der Waals surface area contributed by atoms with E-state index in [9.17, 15) is 0 Å². The number of aliphatic imine (C=N–C) groups is 1. The smallest absolute Gasteiger partial charge is 0.193 e. The van der Waals surface area contributed by atoms with Crippen LogP contribution in [0.15, 0.2) is 17.6 Å². The summed E-state index contributed by atoms with van der Waals surface area (Å²) in [5, 5.41) is 12.3. The Bertz CT molecular complexity index is 254. The first-order chi connectivity index (χ1) is 9.15. The second-order valence-electron chi connectivity index (χ2n) is 5.04. The number of allylic oxidation sites excluding steroid dienone is 1. The number of guanidine groups is 1. The van der Waals surface area contributed by atoms with Crippen LogP contribution >= 0.6 is 0 Å². The van der Waals surface area contributed by atoms with Gasteiger partial charge in [0.25, 0.3) is 0 Å². The van der Waals surface area contributed by atoms with Gasteiger partial charge in [-0.1, -0.05) is 19.4 Å². The van der Waals surface area contributed by atoms with Gasteiger partial charge in [0.1, 0.15) is 0 Å². The maximum Gasteiger partial charge on any atom is 0.193 e. The van der Waals surface area contributed by atoms with E-state index in [1.54, 1.807) is 0 Å². The number of hydrogen-bond acceptors (Lipinski definition) is 2. The summed E-state index contributed by atoms with van der Waals surface area (Å²) in [4.78, 5) is 6.72. The summed E-state index contributed by atoms with van der Waals surface area (Å²) in [6.45, 7) is 10.5. The molecular weight excluding hydrogens is 238 g/mol. The minimum absolute atomic E-state index is 0.189. The maximum absolute atomic E-state index is 9.03. The van der Waals surface area contributed by atoms with Crippen molar-refractivity contribution in [1.82, 2.24) is 10.2 Å². The molecule has 0 aromatic carbocycles. The zero-order valence-electron chi connectivity index (χ0n) is 12.9. The van der Waals surface area contributed by atoms with Gasteiger partial charge in [-0.05, 0) is 32.1 Å². The molecule has 0 aliphatic rings. The molecule has 19 heavy (non-hydrogen) atoms. The molecule has 4 nitrogen and oxygen atoms in total. The van der Waals surface area contributed by atoms with E-state index in [0.29, 0.717) is 6.54 Å². The number of hydrogen-bond donors (Lipinski definition) is 2. The van der Waals surface area contributed by atoms with E-state index < -0.39 is 0 Å². The standard InChI is InChI=1S/C15H31N3O/c1-5-7-8-9-10-11-18(4)15(16-6-2)17-12-14(3)13-19/h5,14,19H,1,6-13H2,2-4H3,(H,16,17). The molecule has 0 radical (unpaired) electrons. The molecule has 4 heteroatoms. The van der Waals surface area contributed by atoms with Crippen LogP contribution < -0.4 is 5.32 Å². The number of aliphatic hydroxyl groups excluding tert-OH is 1. The molecule has 0 rings (SSSR count). The number of rotatable bonds is 10. The van der Waals surface area contributed by atoms with Crippen LogP contribution in [0.1, 0.15) is 39.5 Å². The molecule has 0 saturated carbocycles. The lowest BCUT2D eigenvalue weighted by atomic mass is 10.2. The van der Waals surface area contributed by atoms with Gasteiger partial charge in [-0.3, -0.25) is 4.99 Å². The minimum atomic E-state index is 0.189. The molecule has 0 amide bonds. The van der Waals surface area contributed by atoms with Gasteiger partial charge < -0.3 is 15.3 Å². The third-order valence-corrected chi connectivity index (χ3v) is 2.96. The summed E-state index contributed by atoms with van der Waals surface area (Å²) in [7, 11) is 2.07. The van der Waals surface area contributed by atoms with Crippen LogP contribution in [0.4, 0.5) is 0 Å². The molecule has 0 heterocycles. The summed E-state index contributed by atoms with van der Waals surface area (Å²) in [6.07, 6.45) is 6.69. The summed E-state index contributed by atoms with van der Waals surface area (Å²) < 4.78 is 0. The van der Waals surface area contributed by atoms with Gasteiger partial charge in [0.2, 0.25) is 0 Å². The third-order valence-electron chi connectivity index (χ3n) is 2.96. The van der Waals surface area contributed by atoms with E-state index in [2.05, 4.69) is 35.8 Å². The predicted octanol–water partition coefficient (Wildman–Crippen LogP) is 2.26. The Kier molecular flexibility index (Phi) is 11.4. The summed E-state index contributed by atoms with van der Waals surface area (Å²) >= 11 is 0. The van der Waals surface area contributed by atoms with Gasteiger partial charge in [0.15, 0.2) is 5.96 Å². The Hall–Kier alpha value is -1.03. The SMILES string of the molecule is C=CCCCCCN(C)C(=NCC(C)CO)NCC. The van der Waals surface area contributed by atoms with Crippen molar-refractivity contribution in [2.45, 2.75) is 39.5 Å². The Labute approximate surface area is 118 Å². The number of nitrogens with zero attached hydrogens (tertiary/aromatic N) is 2. The van der Waals surface area contributed by atoms with Crippen LogP contribution in [0.5, 0.6) is 0 Å². The van der Waals surface area contributed by atoms with Crippen molar-refractivity contribution in [2.24, 2.45) is 10.9 Å². The molecule has 112 valence electrons. The first-order valence-electron chi connectivity index (χ1n) is 7.36. The summed E-state index contributed by atoms with van der Waals surface area (Å²) in [5.41, 5.74) is 0. The van der Waals surface area contributed by atoms with Crippen molar-refractivity contribution in [1.29, 1.82) is 0 Å². The van der Waals surface area contributed by atoms with E-state index >= 15 is 0 Å². The van der Waals surface area contributed by atoms with Crippen molar-refractivity contribution in [2.75, 3.05) is 33.3 Å². The van der Waals surface area contributed by atoms with Crippen LogP contribution in [-0.4, -0.2) is 49.3 Å². The van der Waals surface area contributed by atoms with Crippen LogP contribution in [0.25, 0.3) is 0 Å². The van der Waals surface area contributed by atoms with Crippen molar-refractivity contribution in [3.05, 3.63) is 12.7 Å². The average molecular weight is 269 g/mol. The quantitative estimate of drug-likeness (QED) is 0.277. The molecule has 0 saturated heterocycles. The third kappa shape index (κ3) is 9.54. The van der Waals surface area contributed by atoms with Crippen molar-refractivity contribution in [3.63, 3.8) is 0 Å². The number of aliphatic hydroxyl groups is 1. The van der Waals surface area contributed by atoms with Gasteiger partial charge in [0.05, 0.1) is 0 Å².